The fourth-order valence-electron chi connectivity index (χ4n) is 2.13. The number of carbonyl (C=O) groups excluding carboxylic acids is 1. The molecular formula is C17H19ClN2O4. The van der Waals surface area contributed by atoms with Crippen molar-refractivity contribution in [3.05, 3.63) is 47.0 Å². The fraction of sp³-hybridized carbons (Fsp3) is 0.235. The highest BCUT2D eigenvalue weighted by atomic mass is 35.5. The second-order valence-corrected chi connectivity index (χ2v) is 5.42. The van der Waals surface area contributed by atoms with Gasteiger partial charge >= 0.3 is 6.03 Å². The van der Waals surface area contributed by atoms with Gasteiger partial charge in [-0.05, 0) is 42.3 Å². The summed E-state index contributed by atoms with van der Waals surface area (Å²) < 4.78 is 10.4. The van der Waals surface area contributed by atoms with Gasteiger partial charge < -0.3 is 25.2 Å². The van der Waals surface area contributed by atoms with E-state index in [4.69, 9.17) is 21.1 Å². The van der Waals surface area contributed by atoms with Gasteiger partial charge in [-0.25, -0.2) is 4.79 Å². The summed E-state index contributed by atoms with van der Waals surface area (Å²) in [5, 5.41) is 15.4. The van der Waals surface area contributed by atoms with Crippen molar-refractivity contribution in [1.29, 1.82) is 0 Å². The molecule has 0 saturated heterocycles. The SMILES string of the molecule is COc1ccc(CCNC(=O)Nc2cc(Cl)ccc2O)cc1OC. The standard InChI is InChI=1S/C17H19ClN2O4/c1-23-15-6-3-11(9-16(15)24-2)7-8-19-17(22)20-13-10-12(18)4-5-14(13)21/h3-6,9-10,21H,7-8H2,1-2H3,(H2,19,20,22). The highest BCUT2D eigenvalue weighted by Crippen LogP contribution is 2.28. The lowest BCUT2D eigenvalue weighted by molar-refractivity contribution is 0.252. The molecule has 2 aromatic rings. The Kier molecular flexibility index (Phi) is 6.14. The largest absolute Gasteiger partial charge is 0.506 e. The number of halogens is 1. The van der Waals surface area contributed by atoms with Crippen molar-refractivity contribution in [2.45, 2.75) is 6.42 Å². The summed E-state index contributed by atoms with van der Waals surface area (Å²) in [6.45, 7) is 0.419. The lowest BCUT2D eigenvalue weighted by Gasteiger charge is -2.11. The van der Waals surface area contributed by atoms with E-state index in [1.807, 2.05) is 18.2 Å². The number of benzene rings is 2. The maximum atomic E-state index is 11.9. The second kappa shape index (κ2) is 8.31. The first-order valence-corrected chi connectivity index (χ1v) is 7.65. The summed E-state index contributed by atoms with van der Waals surface area (Å²) >= 11 is 5.83. The van der Waals surface area contributed by atoms with Crippen molar-refractivity contribution in [3.8, 4) is 17.2 Å². The van der Waals surface area contributed by atoms with Crippen molar-refractivity contribution in [2.24, 2.45) is 0 Å². The third-order valence-corrected chi connectivity index (χ3v) is 3.59. The molecule has 0 saturated carbocycles. The van der Waals surface area contributed by atoms with Gasteiger partial charge in [-0.15, -0.1) is 0 Å². The summed E-state index contributed by atoms with van der Waals surface area (Å²) in [6.07, 6.45) is 0.620. The molecule has 0 unspecified atom stereocenters. The Labute approximate surface area is 145 Å². The number of amides is 2. The fourth-order valence-corrected chi connectivity index (χ4v) is 2.30. The molecule has 2 rings (SSSR count). The van der Waals surface area contributed by atoms with Gasteiger partial charge in [0.15, 0.2) is 11.5 Å². The van der Waals surface area contributed by atoms with Gasteiger partial charge in [-0.1, -0.05) is 17.7 Å². The van der Waals surface area contributed by atoms with E-state index >= 15 is 0 Å². The van der Waals surface area contributed by atoms with Crippen LogP contribution < -0.4 is 20.1 Å². The first-order chi connectivity index (χ1) is 11.5. The van der Waals surface area contributed by atoms with E-state index in [9.17, 15) is 9.90 Å². The number of nitrogens with one attached hydrogen (secondary N) is 2. The average molecular weight is 351 g/mol. The molecule has 24 heavy (non-hydrogen) atoms. The molecule has 6 nitrogen and oxygen atoms in total. The van der Waals surface area contributed by atoms with E-state index in [0.29, 0.717) is 29.5 Å². The van der Waals surface area contributed by atoms with Crippen LogP contribution in [-0.2, 0) is 6.42 Å². The van der Waals surface area contributed by atoms with Gasteiger partial charge in [0.2, 0.25) is 0 Å². The molecule has 0 aliphatic heterocycles. The summed E-state index contributed by atoms with van der Waals surface area (Å²) in [5.74, 6) is 1.25. The molecule has 0 atom stereocenters. The van der Waals surface area contributed by atoms with Crippen molar-refractivity contribution in [2.75, 3.05) is 26.1 Å². The van der Waals surface area contributed by atoms with Crippen LogP contribution in [0.5, 0.6) is 17.2 Å². The summed E-state index contributed by atoms with van der Waals surface area (Å²) in [6, 6.07) is 9.60. The predicted molar refractivity (Wildman–Crippen MR) is 93.4 cm³/mol. The van der Waals surface area contributed by atoms with Gasteiger partial charge in [-0.3, -0.25) is 0 Å². The van der Waals surface area contributed by atoms with E-state index in [1.165, 1.54) is 18.2 Å². The van der Waals surface area contributed by atoms with Crippen LogP contribution in [-0.4, -0.2) is 31.9 Å². The molecule has 0 spiro atoms. The van der Waals surface area contributed by atoms with Crippen LogP contribution in [0.25, 0.3) is 0 Å². The van der Waals surface area contributed by atoms with E-state index in [2.05, 4.69) is 10.6 Å². The number of ether oxygens (including phenoxy) is 2. The molecule has 2 aromatic carbocycles. The van der Waals surface area contributed by atoms with Crippen LogP contribution in [0.15, 0.2) is 36.4 Å². The quantitative estimate of drug-likeness (QED) is 0.697. The van der Waals surface area contributed by atoms with Crippen LogP contribution in [0.1, 0.15) is 5.56 Å². The molecule has 0 heterocycles. The van der Waals surface area contributed by atoms with Crippen molar-refractivity contribution >= 4 is 23.3 Å². The second-order valence-electron chi connectivity index (χ2n) is 4.98. The number of aromatic hydroxyl groups is 1. The molecule has 2 amide bonds. The van der Waals surface area contributed by atoms with Gasteiger partial charge in [0.05, 0.1) is 19.9 Å². The average Bonchev–Trinajstić information content (AvgIpc) is 2.58. The Morgan fingerprint density at radius 2 is 1.88 bits per heavy atom. The zero-order chi connectivity index (χ0) is 17.5. The minimum Gasteiger partial charge on any atom is -0.506 e. The molecule has 3 N–H and O–H groups in total. The number of carbonyl (C=O) groups is 1. The Morgan fingerprint density at radius 1 is 1.12 bits per heavy atom. The molecule has 128 valence electrons. The van der Waals surface area contributed by atoms with Gasteiger partial charge in [0.25, 0.3) is 0 Å². The van der Waals surface area contributed by atoms with E-state index < -0.39 is 6.03 Å². The van der Waals surface area contributed by atoms with Crippen molar-refractivity contribution in [1.82, 2.24) is 5.32 Å². The normalized spacial score (nSPS) is 10.1. The van der Waals surface area contributed by atoms with Crippen molar-refractivity contribution in [3.63, 3.8) is 0 Å². The van der Waals surface area contributed by atoms with E-state index in [1.54, 1.807) is 14.2 Å². The Hall–Kier alpha value is -2.60. The molecule has 0 radical (unpaired) electrons. The summed E-state index contributed by atoms with van der Waals surface area (Å²) in [7, 11) is 3.15. The van der Waals surface area contributed by atoms with Crippen LogP contribution in [0.2, 0.25) is 5.02 Å². The minimum absolute atomic E-state index is 0.0468. The molecule has 0 bridgehead atoms. The number of phenols is 1. The van der Waals surface area contributed by atoms with Crippen LogP contribution in [0.3, 0.4) is 0 Å². The first kappa shape index (κ1) is 17.7. The molecule has 0 aliphatic rings. The highest BCUT2D eigenvalue weighted by Gasteiger charge is 2.08. The number of phenolic OH excluding ortho intramolecular Hbond substituents is 1. The maximum absolute atomic E-state index is 11.9. The van der Waals surface area contributed by atoms with Gasteiger partial charge in [0.1, 0.15) is 5.75 Å². The smallest absolute Gasteiger partial charge is 0.319 e. The van der Waals surface area contributed by atoms with Crippen molar-refractivity contribution < 1.29 is 19.4 Å². The Balaban J connectivity index is 1.87. The van der Waals surface area contributed by atoms with Crippen LogP contribution in [0.4, 0.5) is 10.5 Å². The monoisotopic (exact) mass is 350 g/mol. The lowest BCUT2D eigenvalue weighted by Crippen LogP contribution is -2.30. The number of urea groups is 1. The number of methoxy groups -OCH3 is 2. The summed E-state index contributed by atoms with van der Waals surface area (Å²) in [4.78, 5) is 11.9. The number of anilines is 1. The zero-order valence-electron chi connectivity index (χ0n) is 13.4. The molecule has 0 fully saturated rings. The third kappa shape index (κ3) is 4.70. The number of hydrogen-bond acceptors (Lipinski definition) is 4. The molecular weight excluding hydrogens is 332 g/mol. The number of hydrogen-bond donors (Lipinski definition) is 3. The van der Waals surface area contributed by atoms with E-state index in [0.717, 1.165) is 5.56 Å². The zero-order valence-corrected chi connectivity index (χ0v) is 14.2. The molecule has 0 aromatic heterocycles. The Morgan fingerprint density at radius 3 is 2.58 bits per heavy atom. The molecule has 7 heteroatoms. The predicted octanol–water partition coefficient (Wildman–Crippen LogP) is 3.43. The van der Waals surface area contributed by atoms with Gasteiger partial charge in [-0.2, -0.15) is 0 Å². The Bertz CT molecular complexity index is 722. The lowest BCUT2D eigenvalue weighted by atomic mass is 10.1. The van der Waals surface area contributed by atoms with Crippen LogP contribution in [0, 0.1) is 0 Å². The number of rotatable bonds is 6. The van der Waals surface area contributed by atoms with E-state index in [-0.39, 0.29) is 11.4 Å². The maximum Gasteiger partial charge on any atom is 0.319 e. The minimum atomic E-state index is -0.423. The molecule has 0 aliphatic carbocycles. The van der Waals surface area contributed by atoms with Crippen LogP contribution >= 0.6 is 11.6 Å². The topological polar surface area (TPSA) is 79.8 Å². The third-order valence-electron chi connectivity index (χ3n) is 3.35. The summed E-state index contributed by atoms with van der Waals surface area (Å²) in [5.41, 5.74) is 1.25. The highest BCUT2D eigenvalue weighted by molar-refractivity contribution is 6.31. The van der Waals surface area contributed by atoms with Gasteiger partial charge in [0, 0.05) is 11.6 Å². The first-order valence-electron chi connectivity index (χ1n) is 7.27.